The van der Waals surface area contributed by atoms with E-state index in [9.17, 15) is 4.79 Å². The van der Waals surface area contributed by atoms with Gasteiger partial charge in [-0.3, -0.25) is 4.79 Å². The van der Waals surface area contributed by atoms with E-state index in [2.05, 4.69) is 20.9 Å². The van der Waals surface area contributed by atoms with Crippen LogP contribution in [-0.2, 0) is 17.9 Å². The highest BCUT2D eigenvalue weighted by Gasteiger charge is 2.02. The third kappa shape index (κ3) is 6.47. The summed E-state index contributed by atoms with van der Waals surface area (Å²) in [6, 6.07) is 15.4. The zero-order chi connectivity index (χ0) is 18.1. The van der Waals surface area contributed by atoms with Crippen molar-refractivity contribution in [1.29, 1.82) is 0 Å². The number of halogens is 1. The number of anilines is 1. The van der Waals surface area contributed by atoms with Crippen molar-refractivity contribution in [2.75, 3.05) is 11.9 Å². The first kappa shape index (κ1) is 18.8. The first-order chi connectivity index (χ1) is 12.1. The first-order valence-electron chi connectivity index (χ1n) is 8.20. The van der Waals surface area contributed by atoms with Gasteiger partial charge in [-0.1, -0.05) is 41.9 Å². The second-order valence-electron chi connectivity index (χ2n) is 5.52. The predicted octanol–water partition coefficient (Wildman–Crippen LogP) is 3.55. The molecule has 5 nitrogen and oxygen atoms in total. The van der Waals surface area contributed by atoms with Crippen LogP contribution < -0.4 is 16.0 Å². The van der Waals surface area contributed by atoms with Crippen molar-refractivity contribution in [3.63, 3.8) is 0 Å². The second kappa shape index (κ2) is 9.69. The van der Waals surface area contributed by atoms with E-state index >= 15 is 0 Å². The fourth-order valence-electron chi connectivity index (χ4n) is 2.28. The van der Waals surface area contributed by atoms with Crippen molar-refractivity contribution in [2.45, 2.75) is 26.9 Å². The maximum atomic E-state index is 11.2. The lowest BCUT2D eigenvalue weighted by atomic mass is 10.2. The number of amides is 1. The molecule has 6 heteroatoms. The molecule has 0 heterocycles. The van der Waals surface area contributed by atoms with Gasteiger partial charge >= 0.3 is 0 Å². The van der Waals surface area contributed by atoms with E-state index in [4.69, 9.17) is 11.6 Å². The Bertz CT molecular complexity index is 746. The summed E-state index contributed by atoms with van der Waals surface area (Å²) in [6.45, 7) is 5.37. The number of rotatable bonds is 6. The molecule has 0 saturated heterocycles. The van der Waals surface area contributed by atoms with Crippen LogP contribution in [0.3, 0.4) is 0 Å². The third-order valence-corrected chi connectivity index (χ3v) is 3.78. The van der Waals surface area contributed by atoms with Crippen LogP contribution in [0.2, 0.25) is 5.02 Å². The number of hydrogen-bond acceptors (Lipinski definition) is 2. The molecule has 2 rings (SSSR count). The Kier molecular flexibility index (Phi) is 7.29. The smallest absolute Gasteiger partial charge is 0.221 e. The van der Waals surface area contributed by atoms with Gasteiger partial charge in [0, 0.05) is 30.7 Å². The van der Waals surface area contributed by atoms with Gasteiger partial charge in [0.05, 0.1) is 6.54 Å². The number of benzene rings is 2. The van der Waals surface area contributed by atoms with Gasteiger partial charge in [0.1, 0.15) is 0 Å². The SMILES string of the molecule is CCNC(=NCc1cccc(NC(C)=O)c1)NCc1ccccc1Cl. The van der Waals surface area contributed by atoms with E-state index in [-0.39, 0.29) is 5.91 Å². The molecular weight excluding hydrogens is 336 g/mol. The molecule has 0 saturated carbocycles. The molecule has 3 N–H and O–H groups in total. The molecule has 0 aliphatic heterocycles. The van der Waals surface area contributed by atoms with Crippen LogP contribution in [0.5, 0.6) is 0 Å². The average molecular weight is 359 g/mol. The molecule has 0 aromatic heterocycles. The Balaban J connectivity index is 2.01. The summed E-state index contributed by atoms with van der Waals surface area (Å²) in [5.41, 5.74) is 2.80. The van der Waals surface area contributed by atoms with Crippen LogP contribution in [0.1, 0.15) is 25.0 Å². The van der Waals surface area contributed by atoms with Crippen molar-refractivity contribution in [2.24, 2.45) is 4.99 Å². The highest BCUT2D eigenvalue weighted by Crippen LogP contribution is 2.14. The van der Waals surface area contributed by atoms with E-state index in [1.165, 1.54) is 6.92 Å². The van der Waals surface area contributed by atoms with E-state index in [1.54, 1.807) is 0 Å². The summed E-state index contributed by atoms with van der Waals surface area (Å²) in [6.07, 6.45) is 0. The van der Waals surface area contributed by atoms with Gasteiger partial charge in [-0.2, -0.15) is 0 Å². The fourth-order valence-corrected chi connectivity index (χ4v) is 2.49. The Labute approximate surface area is 153 Å². The zero-order valence-corrected chi connectivity index (χ0v) is 15.2. The van der Waals surface area contributed by atoms with Crippen LogP contribution in [0.15, 0.2) is 53.5 Å². The third-order valence-electron chi connectivity index (χ3n) is 3.42. The molecule has 1 amide bonds. The van der Waals surface area contributed by atoms with Crippen LogP contribution in [0, 0.1) is 0 Å². The lowest BCUT2D eigenvalue weighted by Gasteiger charge is -2.12. The van der Waals surface area contributed by atoms with Crippen molar-refractivity contribution in [1.82, 2.24) is 10.6 Å². The molecule has 132 valence electrons. The minimum atomic E-state index is -0.0876. The number of nitrogens with zero attached hydrogens (tertiary/aromatic N) is 1. The minimum absolute atomic E-state index is 0.0876. The lowest BCUT2D eigenvalue weighted by molar-refractivity contribution is -0.114. The van der Waals surface area contributed by atoms with Gasteiger partial charge in [-0.15, -0.1) is 0 Å². The van der Waals surface area contributed by atoms with Gasteiger partial charge in [0.25, 0.3) is 0 Å². The van der Waals surface area contributed by atoms with Gasteiger partial charge < -0.3 is 16.0 Å². The fraction of sp³-hybridized carbons (Fsp3) is 0.263. The number of nitrogens with one attached hydrogen (secondary N) is 3. The summed E-state index contributed by atoms with van der Waals surface area (Å²) in [5, 5.41) is 10.0. The normalized spacial score (nSPS) is 11.1. The van der Waals surface area contributed by atoms with E-state index in [1.807, 2.05) is 55.5 Å². The highest BCUT2D eigenvalue weighted by molar-refractivity contribution is 6.31. The minimum Gasteiger partial charge on any atom is -0.357 e. The molecule has 0 spiro atoms. The van der Waals surface area contributed by atoms with Crippen LogP contribution in [0.25, 0.3) is 0 Å². The second-order valence-corrected chi connectivity index (χ2v) is 5.93. The molecule has 0 fully saturated rings. The van der Waals surface area contributed by atoms with Crippen molar-refractivity contribution in [3.8, 4) is 0 Å². The average Bonchev–Trinajstić information content (AvgIpc) is 2.58. The maximum absolute atomic E-state index is 11.2. The first-order valence-corrected chi connectivity index (χ1v) is 8.58. The Morgan fingerprint density at radius 2 is 1.92 bits per heavy atom. The molecule has 0 aliphatic rings. The van der Waals surface area contributed by atoms with Gasteiger partial charge in [0.2, 0.25) is 5.91 Å². The van der Waals surface area contributed by atoms with Gasteiger partial charge in [-0.25, -0.2) is 4.99 Å². The van der Waals surface area contributed by atoms with Gasteiger partial charge in [0.15, 0.2) is 5.96 Å². The summed E-state index contributed by atoms with van der Waals surface area (Å²) >= 11 is 6.18. The van der Waals surface area contributed by atoms with Crippen molar-refractivity contribution >= 4 is 29.2 Å². The zero-order valence-electron chi connectivity index (χ0n) is 14.5. The molecule has 2 aromatic rings. The highest BCUT2D eigenvalue weighted by atomic mass is 35.5. The summed E-state index contributed by atoms with van der Waals surface area (Å²) < 4.78 is 0. The van der Waals surface area contributed by atoms with Crippen LogP contribution >= 0.6 is 11.6 Å². The number of carbonyl (C=O) groups excluding carboxylic acids is 1. The Hall–Kier alpha value is -2.53. The lowest BCUT2D eigenvalue weighted by Crippen LogP contribution is -2.36. The maximum Gasteiger partial charge on any atom is 0.221 e. The van der Waals surface area contributed by atoms with Crippen LogP contribution in [0.4, 0.5) is 5.69 Å². The van der Waals surface area contributed by atoms with Crippen LogP contribution in [-0.4, -0.2) is 18.4 Å². The predicted molar refractivity (Wildman–Crippen MR) is 104 cm³/mol. The van der Waals surface area contributed by atoms with Gasteiger partial charge in [-0.05, 0) is 36.2 Å². The molecule has 0 bridgehead atoms. The number of guanidine groups is 1. The van der Waals surface area contributed by atoms with Crippen molar-refractivity contribution in [3.05, 3.63) is 64.7 Å². The molecule has 0 radical (unpaired) electrons. The summed E-state index contributed by atoms with van der Waals surface area (Å²) in [7, 11) is 0. The summed E-state index contributed by atoms with van der Waals surface area (Å²) in [5.74, 6) is 0.628. The van der Waals surface area contributed by atoms with E-state index in [0.717, 1.165) is 28.4 Å². The molecular formula is C19H23ClN4O. The Morgan fingerprint density at radius 3 is 2.64 bits per heavy atom. The largest absolute Gasteiger partial charge is 0.357 e. The monoisotopic (exact) mass is 358 g/mol. The molecule has 25 heavy (non-hydrogen) atoms. The molecule has 2 aromatic carbocycles. The number of carbonyl (C=O) groups is 1. The number of hydrogen-bond donors (Lipinski definition) is 3. The van der Waals surface area contributed by atoms with Crippen molar-refractivity contribution < 1.29 is 4.79 Å². The van der Waals surface area contributed by atoms with E-state index < -0.39 is 0 Å². The standard InChI is InChI=1S/C19H23ClN4O/c1-3-21-19(23-13-16-8-4-5-10-18(16)20)22-12-15-7-6-9-17(11-15)24-14(2)25/h4-11H,3,12-13H2,1-2H3,(H,24,25)(H2,21,22,23). The Morgan fingerprint density at radius 1 is 1.12 bits per heavy atom. The summed E-state index contributed by atoms with van der Waals surface area (Å²) in [4.78, 5) is 15.7. The number of aliphatic imine (C=N–C) groups is 1. The quantitative estimate of drug-likeness (QED) is 0.546. The molecule has 0 aliphatic carbocycles. The molecule has 0 unspecified atom stereocenters. The van der Waals surface area contributed by atoms with E-state index in [0.29, 0.717) is 19.0 Å². The topological polar surface area (TPSA) is 65.5 Å². The molecule has 0 atom stereocenters.